The predicted molar refractivity (Wildman–Crippen MR) is 78.2 cm³/mol. The number of benzene rings is 1. The number of nitrogens with one attached hydrogen (secondary N) is 1. The smallest absolute Gasteiger partial charge is 0.287 e. The zero-order valence-corrected chi connectivity index (χ0v) is 11.2. The molecule has 7 heteroatoms. The van der Waals surface area contributed by atoms with Crippen molar-refractivity contribution < 1.29 is 9.72 Å². The Balaban J connectivity index is 1.86. The Morgan fingerprint density at radius 3 is 2.57 bits per heavy atom. The number of aromatic nitrogens is 1. The minimum atomic E-state index is -0.487. The summed E-state index contributed by atoms with van der Waals surface area (Å²) in [7, 11) is 0. The molecule has 1 saturated carbocycles. The summed E-state index contributed by atoms with van der Waals surface area (Å²) in [5.41, 5.74) is 7.03. The van der Waals surface area contributed by atoms with Crippen LogP contribution in [0, 0.1) is 10.1 Å². The molecule has 21 heavy (non-hydrogen) atoms. The van der Waals surface area contributed by atoms with Gasteiger partial charge in [-0.25, -0.2) is 0 Å². The molecular weight excluding hydrogens is 272 g/mol. The minimum Gasteiger partial charge on any atom is -0.399 e. The van der Waals surface area contributed by atoms with E-state index in [1.807, 2.05) is 0 Å². The van der Waals surface area contributed by atoms with Gasteiger partial charge >= 0.3 is 0 Å². The molecule has 0 atom stereocenters. The van der Waals surface area contributed by atoms with Crippen LogP contribution in [0.5, 0.6) is 0 Å². The molecule has 1 fully saturated rings. The van der Waals surface area contributed by atoms with E-state index in [4.69, 9.17) is 5.73 Å². The lowest BCUT2D eigenvalue weighted by Crippen LogP contribution is -2.16. The van der Waals surface area contributed by atoms with Crippen LogP contribution in [0.15, 0.2) is 36.5 Å². The first-order valence-corrected chi connectivity index (χ1v) is 6.58. The molecule has 0 bridgehead atoms. The number of anilines is 2. The molecule has 0 radical (unpaired) electrons. The van der Waals surface area contributed by atoms with Gasteiger partial charge in [0.2, 0.25) is 0 Å². The van der Waals surface area contributed by atoms with Crippen LogP contribution in [-0.4, -0.2) is 15.4 Å². The molecule has 1 aromatic carbocycles. The van der Waals surface area contributed by atoms with Crippen LogP contribution in [0.4, 0.5) is 17.1 Å². The van der Waals surface area contributed by atoms with Crippen LogP contribution in [0.3, 0.4) is 0 Å². The summed E-state index contributed by atoms with van der Waals surface area (Å²) in [6, 6.07) is 8.23. The summed E-state index contributed by atoms with van der Waals surface area (Å²) in [5.74, 6) is -0.361. The maximum atomic E-state index is 12.3. The van der Waals surface area contributed by atoms with Crippen molar-refractivity contribution in [3.8, 4) is 0 Å². The van der Waals surface area contributed by atoms with E-state index in [0.29, 0.717) is 17.1 Å². The molecule has 0 aliphatic heterocycles. The van der Waals surface area contributed by atoms with E-state index < -0.39 is 4.92 Å². The third-order valence-corrected chi connectivity index (χ3v) is 3.39. The average Bonchev–Trinajstić information content (AvgIpc) is 3.19. The van der Waals surface area contributed by atoms with Crippen molar-refractivity contribution in [2.75, 3.05) is 11.1 Å². The normalized spacial score (nSPS) is 13.9. The molecule has 3 N–H and O–H groups in total. The Bertz CT molecular complexity index is 702. The van der Waals surface area contributed by atoms with Crippen LogP contribution in [0.25, 0.3) is 0 Å². The van der Waals surface area contributed by atoms with Crippen molar-refractivity contribution in [2.45, 2.75) is 18.9 Å². The summed E-state index contributed by atoms with van der Waals surface area (Å²) in [6.07, 6.45) is 3.30. The van der Waals surface area contributed by atoms with E-state index >= 15 is 0 Å². The van der Waals surface area contributed by atoms with Gasteiger partial charge in [0, 0.05) is 23.5 Å². The van der Waals surface area contributed by atoms with Crippen molar-refractivity contribution in [2.24, 2.45) is 0 Å². The fourth-order valence-corrected chi connectivity index (χ4v) is 2.16. The Morgan fingerprint density at radius 2 is 2.00 bits per heavy atom. The predicted octanol–water partition coefficient (Wildman–Crippen LogP) is 2.57. The summed E-state index contributed by atoms with van der Waals surface area (Å²) >= 11 is 0. The number of carbonyl (C=O) groups excluding carboxylic acids is 1. The minimum absolute atomic E-state index is 0.0654. The second kappa shape index (κ2) is 4.93. The summed E-state index contributed by atoms with van der Waals surface area (Å²) in [4.78, 5) is 22.7. The number of hydrogen-bond acceptors (Lipinski definition) is 4. The number of hydrogen-bond donors (Lipinski definition) is 2. The standard InChI is InChI=1S/C14H14N4O3/c15-9-1-3-10(4-2-9)16-14(19)13-7-12(18(20)21)8-17(13)11-5-6-11/h1-4,7-8,11H,5-6,15H2,(H,16,19). The lowest BCUT2D eigenvalue weighted by Gasteiger charge is -2.08. The van der Waals surface area contributed by atoms with Crippen LogP contribution >= 0.6 is 0 Å². The van der Waals surface area contributed by atoms with Crippen molar-refractivity contribution in [1.29, 1.82) is 0 Å². The molecule has 0 spiro atoms. The van der Waals surface area contributed by atoms with Gasteiger partial charge in [-0.05, 0) is 37.1 Å². The number of carbonyl (C=O) groups is 1. The highest BCUT2D eigenvalue weighted by Gasteiger charge is 2.30. The van der Waals surface area contributed by atoms with Gasteiger partial charge in [0.1, 0.15) is 5.69 Å². The van der Waals surface area contributed by atoms with E-state index in [9.17, 15) is 14.9 Å². The van der Waals surface area contributed by atoms with Gasteiger partial charge in [-0.3, -0.25) is 14.9 Å². The van der Waals surface area contributed by atoms with Crippen LogP contribution in [-0.2, 0) is 0 Å². The van der Waals surface area contributed by atoms with Crippen molar-refractivity contribution in [1.82, 2.24) is 4.57 Å². The van der Waals surface area contributed by atoms with E-state index in [0.717, 1.165) is 12.8 Å². The maximum absolute atomic E-state index is 12.3. The Hall–Kier alpha value is -2.83. The molecular formula is C14H14N4O3. The van der Waals surface area contributed by atoms with E-state index in [1.165, 1.54) is 12.3 Å². The highest BCUT2D eigenvalue weighted by atomic mass is 16.6. The van der Waals surface area contributed by atoms with Gasteiger partial charge < -0.3 is 15.6 Å². The Kier molecular flexibility index (Phi) is 3.09. The van der Waals surface area contributed by atoms with Gasteiger partial charge in [0.25, 0.3) is 11.6 Å². The molecule has 1 heterocycles. The fraction of sp³-hybridized carbons (Fsp3) is 0.214. The third-order valence-electron chi connectivity index (χ3n) is 3.39. The highest BCUT2D eigenvalue weighted by Crippen LogP contribution is 2.38. The molecule has 1 aliphatic carbocycles. The average molecular weight is 286 g/mol. The number of nitro groups is 1. The molecule has 3 rings (SSSR count). The number of nitrogens with zero attached hydrogens (tertiary/aromatic N) is 2. The van der Waals surface area contributed by atoms with E-state index in [2.05, 4.69) is 5.32 Å². The van der Waals surface area contributed by atoms with E-state index in [1.54, 1.807) is 28.8 Å². The number of nitrogens with two attached hydrogens (primary N) is 1. The van der Waals surface area contributed by atoms with Gasteiger partial charge in [0.15, 0.2) is 0 Å². The first-order chi connectivity index (χ1) is 10.0. The van der Waals surface area contributed by atoms with Crippen LogP contribution in [0.2, 0.25) is 0 Å². The van der Waals surface area contributed by atoms with Gasteiger partial charge in [0.05, 0.1) is 11.1 Å². The van der Waals surface area contributed by atoms with Crippen LogP contribution in [0.1, 0.15) is 29.4 Å². The molecule has 1 aliphatic rings. The molecule has 1 amide bonds. The molecule has 2 aromatic rings. The van der Waals surface area contributed by atoms with E-state index in [-0.39, 0.29) is 17.6 Å². The number of nitrogen functional groups attached to an aromatic ring is 1. The maximum Gasteiger partial charge on any atom is 0.287 e. The highest BCUT2D eigenvalue weighted by molar-refractivity contribution is 6.03. The van der Waals surface area contributed by atoms with Crippen molar-refractivity contribution in [3.05, 3.63) is 52.3 Å². The van der Waals surface area contributed by atoms with Crippen molar-refractivity contribution in [3.63, 3.8) is 0 Å². The zero-order valence-electron chi connectivity index (χ0n) is 11.2. The SMILES string of the molecule is Nc1ccc(NC(=O)c2cc([N+](=O)[O-])cn2C2CC2)cc1. The first kappa shape index (κ1) is 13.2. The van der Waals surface area contributed by atoms with Crippen LogP contribution < -0.4 is 11.1 Å². The Labute approximate surface area is 120 Å². The van der Waals surface area contributed by atoms with Gasteiger partial charge in [-0.1, -0.05) is 0 Å². The van der Waals surface area contributed by atoms with Gasteiger partial charge in [-0.2, -0.15) is 0 Å². The van der Waals surface area contributed by atoms with Crippen molar-refractivity contribution >= 4 is 23.0 Å². The summed E-state index contributed by atoms with van der Waals surface area (Å²) < 4.78 is 1.69. The molecule has 0 unspecified atom stereocenters. The second-order valence-electron chi connectivity index (χ2n) is 5.06. The quantitative estimate of drug-likeness (QED) is 0.512. The largest absolute Gasteiger partial charge is 0.399 e. The second-order valence-corrected chi connectivity index (χ2v) is 5.06. The summed E-state index contributed by atoms with van der Waals surface area (Å²) in [5, 5.41) is 13.6. The molecule has 7 nitrogen and oxygen atoms in total. The molecule has 1 aromatic heterocycles. The fourth-order valence-electron chi connectivity index (χ4n) is 2.16. The Morgan fingerprint density at radius 1 is 1.33 bits per heavy atom. The summed E-state index contributed by atoms with van der Waals surface area (Å²) in [6.45, 7) is 0. The lowest BCUT2D eigenvalue weighted by molar-refractivity contribution is -0.384. The third kappa shape index (κ3) is 2.71. The zero-order chi connectivity index (χ0) is 15.0. The topological polar surface area (TPSA) is 103 Å². The number of amides is 1. The number of rotatable bonds is 4. The monoisotopic (exact) mass is 286 g/mol. The molecule has 108 valence electrons. The lowest BCUT2D eigenvalue weighted by atomic mass is 10.2. The molecule has 0 saturated heterocycles. The van der Waals surface area contributed by atoms with Gasteiger partial charge in [-0.15, -0.1) is 0 Å². The first-order valence-electron chi connectivity index (χ1n) is 6.58.